The van der Waals surface area contributed by atoms with Gasteiger partial charge in [0.15, 0.2) is 0 Å². The van der Waals surface area contributed by atoms with Crippen molar-refractivity contribution in [2.45, 2.75) is 13.0 Å². The first-order valence-corrected chi connectivity index (χ1v) is 6.21. The molecular weight excluding hydrogens is 270 g/mol. The van der Waals surface area contributed by atoms with Gasteiger partial charge in [-0.05, 0) is 29.3 Å². The van der Waals surface area contributed by atoms with Crippen molar-refractivity contribution in [1.29, 1.82) is 5.26 Å². The third-order valence-corrected chi connectivity index (χ3v) is 2.90. The molecule has 0 spiro atoms. The predicted octanol–water partition coefficient (Wildman–Crippen LogP) is 2.82. The molecule has 2 aromatic carbocycles. The molecule has 0 bridgehead atoms. The van der Waals surface area contributed by atoms with Gasteiger partial charge < -0.3 is 10.5 Å². The maximum Gasteiger partial charge on any atom is 0.292 e. The third kappa shape index (κ3) is 3.70. The van der Waals surface area contributed by atoms with Crippen LogP contribution in [0.1, 0.15) is 11.1 Å². The first-order chi connectivity index (χ1) is 10.1. The summed E-state index contributed by atoms with van der Waals surface area (Å²) in [6, 6.07) is 13.8. The van der Waals surface area contributed by atoms with Gasteiger partial charge in [0.2, 0.25) is 0 Å². The lowest BCUT2D eigenvalue weighted by molar-refractivity contribution is -0.384. The first kappa shape index (κ1) is 14.3. The molecule has 0 saturated heterocycles. The molecular formula is C15H13N3O3. The van der Waals surface area contributed by atoms with E-state index in [4.69, 9.17) is 15.7 Å². The van der Waals surface area contributed by atoms with Crippen LogP contribution >= 0.6 is 0 Å². The number of nitro groups is 1. The predicted molar refractivity (Wildman–Crippen MR) is 77.6 cm³/mol. The van der Waals surface area contributed by atoms with E-state index in [2.05, 4.69) is 6.07 Å². The van der Waals surface area contributed by atoms with Gasteiger partial charge in [0.05, 0.1) is 17.4 Å². The number of nitrogens with zero attached hydrogens (tertiary/aromatic N) is 2. The number of nitriles is 1. The molecule has 106 valence electrons. The van der Waals surface area contributed by atoms with Crippen molar-refractivity contribution in [2.24, 2.45) is 0 Å². The van der Waals surface area contributed by atoms with Gasteiger partial charge in [0.25, 0.3) is 5.69 Å². The van der Waals surface area contributed by atoms with Crippen LogP contribution in [-0.2, 0) is 13.0 Å². The minimum absolute atomic E-state index is 0.125. The molecule has 0 aliphatic heterocycles. The summed E-state index contributed by atoms with van der Waals surface area (Å²) in [4.78, 5) is 10.3. The number of nitrogens with two attached hydrogens (primary N) is 1. The monoisotopic (exact) mass is 283 g/mol. The van der Waals surface area contributed by atoms with Gasteiger partial charge in [-0.15, -0.1) is 0 Å². The largest absolute Gasteiger partial charge is 0.489 e. The van der Waals surface area contributed by atoms with Gasteiger partial charge in [-0.25, -0.2) is 0 Å². The van der Waals surface area contributed by atoms with E-state index in [9.17, 15) is 10.1 Å². The van der Waals surface area contributed by atoms with Gasteiger partial charge in [0.1, 0.15) is 18.0 Å². The fraction of sp³-hybridized carbons (Fsp3) is 0.133. The highest BCUT2D eigenvalue weighted by atomic mass is 16.6. The molecule has 2 aromatic rings. The average molecular weight is 283 g/mol. The molecule has 0 amide bonds. The molecule has 6 heteroatoms. The van der Waals surface area contributed by atoms with Crippen molar-refractivity contribution < 1.29 is 9.66 Å². The lowest BCUT2D eigenvalue weighted by Gasteiger charge is -2.07. The van der Waals surface area contributed by atoms with Gasteiger partial charge in [-0.2, -0.15) is 5.26 Å². The maximum atomic E-state index is 10.8. The standard InChI is InChI=1S/C15H13N3O3/c16-8-7-11-1-4-13(5-2-11)21-10-12-3-6-14(17)15(9-12)18(19)20/h1-6,9H,7,10,17H2. The molecule has 0 aromatic heterocycles. The van der Waals surface area contributed by atoms with Gasteiger partial charge in [-0.3, -0.25) is 10.1 Å². The molecule has 0 aliphatic carbocycles. The summed E-state index contributed by atoms with van der Waals surface area (Å²) in [5.41, 5.74) is 7.11. The number of ether oxygens (including phenoxy) is 1. The second-order valence-electron chi connectivity index (χ2n) is 4.42. The number of nitrogen functional groups attached to an aromatic ring is 1. The Morgan fingerprint density at radius 3 is 2.48 bits per heavy atom. The van der Waals surface area contributed by atoms with E-state index in [1.54, 1.807) is 18.2 Å². The molecule has 0 atom stereocenters. The van der Waals surface area contributed by atoms with E-state index in [0.717, 1.165) is 5.56 Å². The molecule has 21 heavy (non-hydrogen) atoms. The van der Waals surface area contributed by atoms with E-state index in [-0.39, 0.29) is 18.0 Å². The summed E-state index contributed by atoms with van der Waals surface area (Å²) in [5.74, 6) is 0.635. The van der Waals surface area contributed by atoms with Crippen LogP contribution in [0, 0.1) is 21.4 Å². The lowest BCUT2D eigenvalue weighted by atomic mass is 10.1. The molecule has 0 aliphatic rings. The molecule has 2 N–H and O–H groups in total. The second-order valence-corrected chi connectivity index (χ2v) is 4.42. The number of hydrogen-bond acceptors (Lipinski definition) is 5. The Morgan fingerprint density at radius 1 is 1.19 bits per heavy atom. The highest BCUT2D eigenvalue weighted by Crippen LogP contribution is 2.23. The highest BCUT2D eigenvalue weighted by Gasteiger charge is 2.11. The highest BCUT2D eigenvalue weighted by molar-refractivity contribution is 5.59. The van der Waals surface area contributed by atoms with E-state index >= 15 is 0 Å². The number of rotatable bonds is 5. The Labute approximate surface area is 121 Å². The molecule has 0 saturated carbocycles. The van der Waals surface area contributed by atoms with Crippen LogP contribution in [0.15, 0.2) is 42.5 Å². The van der Waals surface area contributed by atoms with Gasteiger partial charge in [0, 0.05) is 6.07 Å². The number of benzene rings is 2. The van der Waals surface area contributed by atoms with Crippen LogP contribution in [0.4, 0.5) is 11.4 Å². The van der Waals surface area contributed by atoms with Crippen LogP contribution in [-0.4, -0.2) is 4.92 Å². The van der Waals surface area contributed by atoms with Crippen molar-refractivity contribution >= 4 is 11.4 Å². The van der Waals surface area contributed by atoms with Crippen molar-refractivity contribution in [3.8, 4) is 11.8 Å². The summed E-state index contributed by atoms with van der Waals surface area (Å²) < 4.78 is 5.55. The van der Waals surface area contributed by atoms with Crippen molar-refractivity contribution in [1.82, 2.24) is 0 Å². The zero-order valence-corrected chi connectivity index (χ0v) is 11.2. The summed E-state index contributed by atoms with van der Waals surface area (Å²) >= 11 is 0. The minimum atomic E-state index is -0.518. The Balaban J connectivity index is 2.04. The lowest BCUT2D eigenvalue weighted by Crippen LogP contribution is -2.00. The van der Waals surface area contributed by atoms with E-state index in [0.29, 0.717) is 17.7 Å². The number of anilines is 1. The van der Waals surface area contributed by atoms with Crippen molar-refractivity contribution in [3.63, 3.8) is 0 Å². The molecule has 0 radical (unpaired) electrons. The van der Waals surface area contributed by atoms with Crippen molar-refractivity contribution in [3.05, 3.63) is 63.7 Å². The summed E-state index contributed by atoms with van der Waals surface area (Å²) in [5, 5.41) is 19.4. The van der Waals surface area contributed by atoms with E-state index in [1.807, 2.05) is 12.1 Å². The number of hydrogen-bond donors (Lipinski definition) is 1. The zero-order valence-electron chi connectivity index (χ0n) is 11.2. The maximum absolute atomic E-state index is 10.8. The van der Waals surface area contributed by atoms with E-state index < -0.39 is 4.92 Å². The average Bonchev–Trinajstić information content (AvgIpc) is 2.48. The molecule has 0 unspecified atom stereocenters. The topological polar surface area (TPSA) is 102 Å². The quantitative estimate of drug-likeness (QED) is 0.516. The second kappa shape index (κ2) is 6.39. The molecule has 0 heterocycles. The van der Waals surface area contributed by atoms with Crippen LogP contribution in [0.5, 0.6) is 5.75 Å². The van der Waals surface area contributed by atoms with Crippen LogP contribution in [0.25, 0.3) is 0 Å². The zero-order chi connectivity index (χ0) is 15.2. The Bertz CT molecular complexity index is 690. The smallest absolute Gasteiger partial charge is 0.292 e. The Morgan fingerprint density at radius 2 is 1.86 bits per heavy atom. The normalized spacial score (nSPS) is 9.86. The van der Waals surface area contributed by atoms with Gasteiger partial charge in [-0.1, -0.05) is 18.2 Å². The summed E-state index contributed by atoms with van der Waals surface area (Å²) in [6.07, 6.45) is 0.352. The van der Waals surface area contributed by atoms with Crippen LogP contribution in [0.3, 0.4) is 0 Å². The SMILES string of the molecule is N#CCc1ccc(OCc2ccc(N)c([N+](=O)[O-])c2)cc1. The minimum Gasteiger partial charge on any atom is -0.489 e. The van der Waals surface area contributed by atoms with Crippen LogP contribution < -0.4 is 10.5 Å². The number of nitro benzene ring substituents is 1. The molecule has 2 rings (SSSR count). The molecule has 0 fully saturated rings. The third-order valence-electron chi connectivity index (χ3n) is 2.90. The Kier molecular flexibility index (Phi) is 4.36. The molecule has 6 nitrogen and oxygen atoms in total. The van der Waals surface area contributed by atoms with Gasteiger partial charge >= 0.3 is 0 Å². The fourth-order valence-corrected chi connectivity index (χ4v) is 1.80. The fourth-order valence-electron chi connectivity index (χ4n) is 1.80. The first-order valence-electron chi connectivity index (χ1n) is 6.21. The summed E-state index contributed by atoms with van der Waals surface area (Å²) in [7, 11) is 0. The van der Waals surface area contributed by atoms with Crippen molar-refractivity contribution in [2.75, 3.05) is 5.73 Å². The van der Waals surface area contributed by atoms with E-state index in [1.165, 1.54) is 12.1 Å². The Hall–Kier alpha value is -3.07. The summed E-state index contributed by atoms with van der Waals surface area (Å²) in [6.45, 7) is 0.207. The van der Waals surface area contributed by atoms with Crippen LogP contribution in [0.2, 0.25) is 0 Å².